The second-order valence-corrected chi connectivity index (χ2v) is 3.70. The summed E-state index contributed by atoms with van der Waals surface area (Å²) in [4.78, 5) is 8.94. The van der Waals surface area contributed by atoms with Crippen LogP contribution in [-0.4, -0.2) is 14.6 Å². The summed E-state index contributed by atoms with van der Waals surface area (Å²) in [6.45, 7) is 3.99. The third-order valence-corrected chi connectivity index (χ3v) is 2.65. The topological polar surface area (TPSA) is 20.2 Å². The molecule has 0 aliphatic carbocycles. The highest BCUT2D eigenvalue weighted by Crippen LogP contribution is 2.15. The van der Waals surface area contributed by atoms with E-state index in [9.17, 15) is 0 Å². The second-order valence-electron chi connectivity index (χ2n) is 2.73. The number of benzene rings is 1. The van der Waals surface area contributed by atoms with E-state index in [1.54, 1.807) is 0 Å². The van der Waals surface area contributed by atoms with E-state index in [4.69, 9.17) is 4.80 Å². The molecule has 12 heavy (non-hydrogen) atoms. The molecule has 0 aromatic heterocycles. The lowest BCUT2D eigenvalue weighted by Crippen LogP contribution is -1.93. The summed E-state index contributed by atoms with van der Waals surface area (Å²) < 4.78 is 0. The van der Waals surface area contributed by atoms with Crippen LogP contribution in [0, 0.1) is 0 Å². The Labute approximate surface area is 75.7 Å². The van der Waals surface area contributed by atoms with Crippen molar-refractivity contribution in [2.75, 3.05) is 0 Å². The minimum Gasteiger partial charge on any atom is -0.428 e. The van der Waals surface area contributed by atoms with Crippen molar-refractivity contribution in [3.63, 3.8) is 0 Å². The fourth-order valence-corrected chi connectivity index (χ4v) is 1.30. The van der Waals surface area contributed by atoms with Crippen molar-refractivity contribution in [1.82, 2.24) is 0 Å². The van der Waals surface area contributed by atoms with Crippen molar-refractivity contribution >= 4 is 15.3 Å². The van der Waals surface area contributed by atoms with Gasteiger partial charge in [-0.25, -0.2) is 0 Å². The Morgan fingerprint density at radius 3 is 2.25 bits per heavy atom. The van der Waals surface area contributed by atoms with Crippen LogP contribution in [0.25, 0.3) is 5.57 Å². The molecule has 2 radical (unpaired) electrons. The third kappa shape index (κ3) is 2.06. The first-order chi connectivity index (χ1) is 5.75. The SMILES string of the molecule is CC([Si]O)=C(C)c1ccccc1. The smallest absolute Gasteiger partial charge is 0.260 e. The molecule has 0 aliphatic rings. The number of hydrogen-bond donors (Lipinski definition) is 1. The van der Waals surface area contributed by atoms with Crippen molar-refractivity contribution < 1.29 is 4.80 Å². The molecule has 1 rings (SSSR count). The van der Waals surface area contributed by atoms with Crippen molar-refractivity contribution in [3.05, 3.63) is 41.1 Å². The van der Waals surface area contributed by atoms with E-state index >= 15 is 0 Å². The van der Waals surface area contributed by atoms with Crippen LogP contribution >= 0.6 is 0 Å². The van der Waals surface area contributed by atoms with E-state index in [-0.39, 0.29) is 9.76 Å². The summed E-state index contributed by atoms with van der Waals surface area (Å²) in [6, 6.07) is 10.1. The van der Waals surface area contributed by atoms with Gasteiger partial charge in [-0.15, -0.1) is 0 Å². The third-order valence-electron chi connectivity index (χ3n) is 1.94. The van der Waals surface area contributed by atoms with Crippen molar-refractivity contribution in [3.8, 4) is 0 Å². The van der Waals surface area contributed by atoms with Crippen molar-refractivity contribution in [2.24, 2.45) is 0 Å². The molecule has 0 saturated heterocycles. The molecule has 0 bridgehead atoms. The molecule has 0 spiro atoms. The Balaban J connectivity index is 3.00. The quantitative estimate of drug-likeness (QED) is 0.684. The Morgan fingerprint density at radius 1 is 1.17 bits per heavy atom. The van der Waals surface area contributed by atoms with Crippen LogP contribution in [0.3, 0.4) is 0 Å². The molecule has 1 aromatic carbocycles. The lowest BCUT2D eigenvalue weighted by atomic mass is 10.1. The van der Waals surface area contributed by atoms with Crippen LogP contribution in [0.2, 0.25) is 0 Å². The first kappa shape index (κ1) is 9.23. The second kappa shape index (κ2) is 4.23. The molecular formula is C10H12OSi. The van der Waals surface area contributed by atoms with Crippen LogP contribution in [0.15, 0.2) is 35.5 Å². The summed E-state index contributed by atoms with van der Waals surface area (Å²) >= 11 is 0. The first-order valence-corrected chi connectivity index (χ1v) is 4.83. The predicted octanol–water partition coefficient (Wildman–Crippen LogP) is 2.05. The zero-order valence-electron chi connectivity index (χ0n) is 7.33. The van der Waals surface area contributed by atoms with E-state index in [0.29, 0.717) is 0 Å². The minimum atomic E-state index is -0.0830. The molecule has 1 nitrogen and oxygen atoms in total. The summed E-state index contributed by atoms with van der Waals surface area (Å²) in [5.41, 5.74) is 2.37. The van der Waals surface area contributed by atoms with Gasteiger partial charge in [0, 0.05) is 0 Å². The summed E-state index contributed by atoms with van der Waals surface area (Å²) in [5, 5.41) is 1.06. The fourth-order valence-electron chi connectivity index (χ4n) is 0.989. The maximum atomic E-state index is 8.94. The molecule has 1 aromatic rings. The predicted molar refractivity (Wildman–Crippen MR) is 52.7 cm³/mol. The largest absolute Gasteiger partial charge is 0.428 e. The van der Waals surface area contributed by atoms with Gasteiger partial charge in [0.1, 0.15) is 0 Å². The van der Waals surface area contributed by atoms with E-state index in [1.165, 1.54) is 11.1 Å². The van der Waals surface area contributed by atoms with Gasteiger partial charge in [0.25, 0.3) is 9.76 Å². The van der Waals surface area contributed by atoms with Gasteiger partial charge in [0.15, 0.2) is 0 Å². The number of hydrogen-bond acceptors (Lipinski definition) is 1. The Morgan fingerprint density at radius 2 is 1.75 bits per heavy atom. The van der Waals surface area contributed by atoms with Crippen LogP contribution in [-0.2, 0) is 0 Å². The Bertz CT molecular complexity index is 277. The van der Waals surface area contributed by atoms with Gasteiger partial charge in [-0.3, -0.25) is 0 Å². The van der Waals surface area contributed by atoms with Crippen molar-refractivity contribution in [1.29, 1.82) is 0 Å². The summed E-state index contributed by atoms with van der Waals surface area (Å²) in [6.07, 6.45) is 0. The van der Waals surface area contributed by atoms with E-state index in [1.807, 2.05) is 32.0 Å². The minimum absolute atomic E-state index is 0.0830. The highest BCUT2D eigenvalue weighted by Gasteiger charge is 1.98. The molecule has 62 valence electrons. The summed E-state index contributed by atoms with van der Waals surface area (Å²) in [7, 11) is -0.0830. The van der Waals surface area contributed by atoms with Gasteiger partial charge in [-0.1, -0.05) is 35.5 Å². The van der Waals surface area contributed by atoms with E-state index in [2.05, 4.69) is 12.1 Å². The van der Waals surface area contributed by atoms with Gasteiger partial charge in [0.05, 0.1) is 0 Å². The molecule has 0 unspecified atom stereocenters. The van der Waals surface area contributed by atoms with Gasteiger partial charge in [-0.2, -0.15) is 0 Å². The van der Waals surface area contributed by atoms with Crippen LogP contribution in [0.5, 0.6) is 0 Å². The molecule has 0 heterocycles. The highest BCUT2D eigenvalue weighted by molar-refractivity contribution is 6.38. The molecule has 1 N–H and O–H groups in total. The Kier molecular flexibility index (Phi) is 3.26. The van der Waals surface area contributed by atoms with E-state index in [0.717, 1.165) is 5.20 Å². The molecule has 2 heteroatoms. The van der Waals surface area contributed by atoms with Crippen LogP contribution in [0.1, 0.15) is 19.4 Å². The average molecular weight is 176 g/mol. The zero-order chi connectivity index (χ0) is 8.97. The average Bonchev–Trinajstić information content (AvgIpc) is 2.17. The van der Waals surface area contributed by atoms with Gasteiger partial charge < -0.3 is 4.80 Å². The Hall–Kier alpha value is -0.863. The van der Waals surface area contributed by atoms with Crippen LogP contribution in [0.4, 0.5) is 0 Å². The van der Waals surface area contributed by atoms with Gasteiger partial charge >= 0.3 is 0 Å². The number of rotatable bonds is 2. The maximum Gasteiger partial charge on any atom is 0.260 e. The first-order valence-electron chi connectivity index (χ1n) is 3.88. The molecular weight excluding hydrogens is 164 g/mol. The summed E-state index contributed by atoms with van der Waals surface area (Å²) in [5.74, 6) is 0. The normalized spacial score (nSPS) is 12.6. The maximum absolute atomic E-state index is 8.94. The molecule has 0 saturated carbocycles. The standard InChI is InChI=1S/C10H12OSi/c1-8(9(2)12-11)10-6-4-3-5-7-10/h3-7,11H,1-2H3. The van der Waals surface area contributed by atoms with Crippen LogP contribution < -0.4 is 0 Å². The van der Waals surface area contributed by atoms with E-state index < -0.39 is 0 Å². The zero-order valence-corrected chi connectivity index (χ0v) is 8.33. The lowest BCUT2D eigenvalue weighted by Gasteiger charge is -2.03. The highest BCUT2D eigenvalue weighted by atomic mass is 28.2. The molecule has 0 amide bonds. The molecule has 0 fully saturated rings. The monoisotopic (exact) mass is 176 g/mol. The number of allylic oxidation sites excluding steroid dienone is 2. The molecule has 0 atom stereocenters. The fraction of sp³-hybridized carbons (Fsp3) is 0.200. The molecule has 0 aliphatic heterocycles. The van der Waals surface area contributed by atoms with Gasteiger partial charge in [0.2, 0.25) is 0 Å². The van der Waals surface area contributed by atoms with Gasteiger partial charge in [-0.05, 0) is 25.0 Å². The van der Waals surface area contributed by atoms with Crippen molar-refractivity contribution in [2.45, 2.75) is 13.8 Å². The lowest BCUT2D eigenvalue weighted by molar-refractivity contribution is 0.611.